The summed E-state index contributed by atoms with van der Waals surface area (Å²) in [6, 6.07) is 34.8. The van der Waals surface area contributed by atoms with Crippen LogP contribution in [0.15, 0.2) is 118 Å². The zero-order chi connectivity index (χ0) is 25.6. The third-order valence-electron chi connectivity index (χ3n) is 6.44. The Bertz CT molecular complexity index is 1550. The van der Waals surface area contributed by atoms with Gasteiger partial charge in [0.15, 0.2) is 10.8 Å². The molecule has 182 valence electrons. The van der Waals surface area contributed by atoms with Crippen LogP contribution in [0.3, 0.4) is 0 Å². The number of ketones is 1. The van der Waals surface area contributed by atoms with E-state index in [4.69, 9.17) is 10.2 Å². The Labute approximate surface area is 228 Å². The van der Waals surface area contributed by atoms with Gasteiger partial charge < -0.3 is 0 Å². The van der Waals surface area contributed by atoms with Crippen molar-refractivity contribution < 1.29 is 4.79 Å². The van der Waals surface area contributed by atoms with Crippen molar-refractivity contribution in [2.24, 2.45) is 10.2 Å². The number of aryl methyl sites for hydroxylation is 1. The van der Waals surface area contributed by atoms with E-state index in [1.165, 1.54) is 11.8 Å². The van der Waals surface area contributed by atoms with Crippen LogP contribution in [-0.4, -0.2) is 16.5 Å². The van der Waals surface area contributed by atoms with Gasteiger partial charge in [0.1, 0.15) is 0 Å². The van der Waals surface area contributed by atoms with Gasteiger partial charge in [0, 0.05) is 28.1 Å². The second-order valence-electron chi connectivity index (χ2n) is 8.97. The molecular formula is C30H23BrN4OS. The smallest absolute Gasteiger partial charge is 0.234 e. The van der Waals surface area contributed by atoms with Crippen LogP contribution < -0.4 is 10.0 Å². The largest absolute Gasteiger partial charge is 0.292 e. The molecule has 0 saturated carbocycles. The van der Waals surface area contributed by atoms with Gasteiger partial charge in [0.2, 0.25) is 4.99 Å². The van der Waals surface area contributed by atoms with Gasteiger partial charge >= 0.3 is 0 Å². The molecule has 0 saturated heterocycles. The van der Waals surface area contributed by atoms with E-state index in [2.05, 4.69) is 59.3 Å². The molecule has 2 aliphatic rings. The molecule has 2 heterocycles. The van der Waals surface area contributed by atoms with Crippen molar-refractivity contribution in [2.75, 3.05) is 10.0 Å². The molecule has 0 aliphatic carbocycles. The number of fused-ring (bicyclic) bond motifs is 2. The number of Topliss-reactive ketones (excluding diaryl/α,β-unsaturated/α-hetero) is 1. The van der Waals surface area contributed by atoms with Crippen LogP contribution in [0.2, 0.25) is 0 Å². The van der Waals surface area contributed by atoms with Crippen LogP contribution in [0.25, 0.3) is 0 Å². The van der Waals surface area contributed by atoms with Crippen molar-refractivity contribution in [3.8, 4) is 0 Å². The lowest BCUT2D eigenvalue weighted by Gasteiger charge is -2.47. The number of anilines is 2. The topological polar surface area (TPSA) is 48.3 Å². The number of hydrogen-bond donors (Lipinski definition) is 0. The van der Waals surface area contributed by atoms with E-state index in [0.29, 0.717) is 5.04 Å². The molecule has 7 heteroatoms. The van der Waals surface area contributed by atoms with E-state index in [-0.39, 0.29) is 5.78 Å². The third-order valence-corrected chi connectivity index (χ3v) is 8.38. The number of carbonyl (C=O) groups excluding carboxylic acids is 1. The van der Waals surface area contributed by atoms with Gasteiger partial charge in [-0.1, -0.05) is 88.2 Å². The number of carbonyl (C=O) groups is 1. The molecule has 1 spiro atoms. The molecular weight excluding hydrogens is 544 g/mol. The van der Waals surface area contributed by atoms with Gasteiger partial charge in [-0.15, -0.1) is 0 Å². The van der Waals surface area contributed by atoms with Crippen molar-refractivity contribution in [3.05, 3.63) is 130 Å². The Morgan fingerprint density at radius 3 is 2.11 bits per heavy atom. The number of halogens is 1. The van der Waals surface area contributed by atoms with Crippen LogP contribution in [0.5, 0.6) is 0 Å². The summed E-state index contributed by atoms with van der Waals surface area (Å²) in [5.74, 6) is -0.0767. The van der Waals surface area contributed by atoms with Gasteiger partial charge in [-0.3, -0.25) is 4.79 Å². The molecule has 0 fully saturated rings. The van der Waals surface area contributed by atoms with Crippen molar-refractivity contribution in [2.45, 2.75) is 18.8 Å². The highest BCUT2D eigenvalue weighted by Gasteiger charge is 2.55. The Morgan fingerprint density at radius 1 is 0.784 bits per heavy atom. The predicted molar refractivity (Wildman–Crippen MR) is 156 cm³/mol. The van der Waals surface area contributed by atoms with Crippen molar-refractivity contribution in [3.63, 3.8) is 0 Å². The first-order chi connectivity index (χ1) is 18.0. The van der Waals surface area contributed by atoms with Gasteiger partial charge in [-0.2, -0.15) is 10.2 Å². The summed E-state index contributed by atoms with van der Waals surface area (Å²) in [5.41, 5.74) is 6.81. The lowest BCUT2D eigenvalue weighted by Crippen LogP contribution is -2.54. The van der Waals surface area contributed by atoms with Crippen LogP contribution in [0, 0.1) is 6.92 Å². The molecule has 0 amide bonds. The number of benzene rings is 4. The van der Waals surface area contributed by atoms with Crippen molar-refractivity contribution in [1.29, 1.82) is 0 Å². The SMILES string of the molecule is CC(=O)C1=NN(c2ccc(C)cc2)[C@@]2(S1)c1ccccc1C(c1ccc(Br)cc1)=NN2c1ccccc1. The molecule has 0 N–H and O–H groups in total. The van der Waals surface area contributed by atoms with Gasteiger partial charge in [-0.05, 0) is 55.1 Å². The van der Waals surface area contributed by atoms with E-state index in [9.17, 15) is 4.79 Å². The maximum absolute atomic E-state index is 12.7. The quantitative estimate of drug-likeness (QED) is 0.260. The summed E-state index contributed by atoms with van der Waals surface area (Å²) in [6.45, 7) is 3.62. The summed E-state index contributed by atoms with van der Waals surface area (Å²) in [7, 11) is 0. The molecule has 4 aromatic carbocycles. The number of hydrazone groups is 2. The number of nitrogens with zero attached hydrogens (tertiary/aromatic N) is 4. The number of para-hydroxylation sites is 1. The summed E-state index contributed by atoms with van der Waals surface area (Å²) in [5, 5.41) is 14.6. The fourth-order valence-corrected chi connectivity index (χ4v) is 6.21. The first-order valence-corrected chi connectivity index (χ1v) is 13.5. The second-order valence-corrected chi connectivity index (χ2v) is 11.0. The monoisotopic (exact) mass is 566 g/mol. The van der Waals surface area contributed by atoms with Gasteiger partial charge in [0.25, 0.3) is 0 Å². The minimum Gasteiger partial charge on any atom is -0.292 e. The molecule has 0 unspecified atom stereocenters. The molecule has 0 aromatic heterocycles. The molecule has 0 radical (unpaired) electrons. The zero-order valence-electron chi connectivity index (χ0n) is 20.3. The summed E-state index contributed by atoms with van der Waals surface area (Å²) < 4.78 is 1.01. The Hall–Kier alpha value is -3.68. The zero-order valence-corrected chi connectivity index (χ0v) is 22.7. The normalized spacial score (nSPS) is 18.5. The minimum atomic E-state index is -0.937. The molecule has 37 heavy (non-hydrogen) atoms. The number of thioether (sulfide) groups is 1. The maximum atomic E-state index is 12.7. The van der Waals surface area contributed by atoms with E-state index < -0.39 is 4.99 Å². The first-order valence-electron chi connectivity index (χ1n) is 11.9. The minimum absolute atomic E-state index is 0.0767. The molecule has 6 rings (SSSR count). The molecule has 4 aromatic rings. The van der Waals surface area contributed by atoms with E-state index in [0.717, 1.165) is 43.8 Å². The highest BCUT2D eigenvalue weighted by Crippen LogP contribution is 2.55. The number of rotatable bonds is 4. The lowest BCUT2D eigenvalue weighted by molar-refractivity contribution is -0.110. The van der Waals surface area contributed by atoms with Gasteiger partial charge in [0.05, 0.1) is 17.1 Å². The molecule has 5 nitrogen and oxygen atoms in total. The maximum Gasteiger partial charge on any atom is 0.234 e. The molecule has 0 bridgehead atoms. The Morgan fingerprint density at radius 2 is 1.41 bits per heavy atom. The third kappa shape index (κ3) is 3.99. The van der Waals surface area contributed by atoms with Crippen LogP contribution in [0.4, 0.5) is 11.4 Å². The standard InChI is InChI=1S/C30H23BrN4OS/c1-20-12-18-25(19-13-20)35-30(37-29(33-35)21(2)36)27-11-7-6-10-26(27)28(22-14-16-23(31)17-15-22)32-34(30)24-8-4-3-5-9-24/h3-19H,1-2H3/t30-/m1/s1. The molecule has 1 atom stereocenters. The van der Waals surface area contributed by atoms with E-state index in [1.807, 2.05) is 76.7 Å². The second kappa shape index (κ2) is 9.32. The first kappa shape index (κ1) is 23.7. The summed E-state index contributed by atoms with van der Waals surface area (Å²) in [4.78, 5) is 11.8. The fourth-order valence-electron chi connectivity index (χ4n) is 4.65. The fraction of sp³-hybridized carbons (Fsp3) is 0.100. The Kier molecular flexibility index (Phi) is 5.97. The predicted octanol–water partition coefficient (Wildman–Crippen LogP) is 7.30. The lowest BCUT2D eigenvalue weighted by atomic mass is 9.93. The molecule has 2 aliphatic heterocycles. The average Bonchev–Trinajstić information content (AvgIpc) is 3.32. The highest BCUT2D eigenvalue weighted by molar-refractivity contribution is 9.10. The average molecular weight is 568 g/mol. The van der Waals surface area contributed by atoms with E-state index >= 15 is 0 Å². The summed E-state index contributed by atoms with van der Waals surface area (Å²) >= 11 is 4.98. The number of hydrogen-bond acceptors (Lipinski definition) is 6. The van der Waals surface area contributed by atoms with Crippen LogP contribution >= 0.6 is 27.7 Å². The van der Waals surface area contributed by atoms with Crippen LogP contribution in [-0.2, 0) is 9.79 Å². The Balaban J connectivity index is 1.66. The highest BCUT2D eigenvalue weighted by atomic mass is 79.9. The van der Waals surface area contributed by atoms with Gasteiger partial charge in [-0.25, -0.2) is 10.0 Å². The van der Waals surface area contributed by atoms with Crippen molar-refractivity contribution in [1.82, 2.24) is 0 Å². The van der Waals surface area contributed by atoms with Crippen LogP contribution in [0.1, 0.15) is 29.2 Å². The van der Waals surface area contributed by atoms with E-state index in [1.54, 1.807) is 6.92 Å². The van der Waals surface area contributed by atoms with Crippen molar-refractivity contribution >= 4 is 55.6 Å². The summed E-state index contributed by atoms with van der Waals surface area (Å²) in [6.07, 6.45) is 0.